The first-order chi connectivity index (χ1) is 13.0. The minimum absolute atomic E-state index is 0.0352. The van der Waals surface area contributed by atoms with Gasteiger partial charge >= 0.3 is 5.97 Å². The number of rotatable bonds is 7. The van der Waals surface area contributed by atoms with Crippen molar-refractivity contribution in [2.45, 2.75) is 57.4 Å². The Balaban J connectivity index is 1.18. The number of carbonyl (C=O) groups excluding carboxylic acids is 2. The van der Waals surface area contributed by atoms with Crippen LogP contribution in [0.25, 0.3) is 0 Å². The Morgan fingerprint density at radius 1 is 1.11 bits per heavy atom. The van der Waals surface area contributed by atoms with E-state index in [4.69, 9.17) is 9.47 Å². The Kier molecular flexibility index (Phi) is 5.11. The summed E-state index contributed by atoms with van der Waals surface area (Å²) >= 11 is 0. The lowest BCUT2D eigenvalue weighted by Crippen LogP contribution is -2.60. The highest BCUT2D eigenvalue weighted by Crippen LogP contribution is 2.55. The van der Waals surface area contributed by atoms with E-state index >= 15 is 0 Å². The van der Waals surface area contributed by atoms with Gasteiger partial charge in [0.25, 0.3) is 5.91 Å². The fourth-order valence-electron chi connectivity index (χ4n) is 5.77. The summed E-state index contributed by atoms with van der Waals surface area (Å²) in [5, 5.41) is 3.22. The maximum Gasteiger partial charge on any atom is 0.309 e. The Morgan fingerprint density at radius 3 is 2.41 bits per heavy atom. The lowest BCUT2D eigenvalue weighted by Gasteiger charge is -2.56. The molecule has 1 amide bonds. The number of ether oxygens (including phenoxy) is 2. The third-order valence-corrected chi connectivity index (χ3v) is 6.37. The van der Waals surface area contributed by atoms with Gasteiger partial charge in [0.15, 0.2) is 6.61 Å². The second kappa shape index (κ2) is 7.53. The molecule has 0 aliphatic heterocycles. The highest BCUT2D eigenvalue weighted by atomic mass is 16.5. The van der Waals surface area contributed by atoms with Gasteiger partial charge in [0, 0.05) is 5.54 Å². The van der Waals surface area contributed by atoms with Gasteiger partial charge in [-0.15, -0.1) is 0 Å². The van der Waals surface area contributed by atoms with Crippen LogP contribution in [-0.2, 0) is 14.3 Å². The number of amides is 1. The van der Waals surface area contributed by atoms with Gasteiger partial charge in [0.1, 0.15) is 5.75 Å². The summed E-state index contributed by atoms with van der Waals surface area (Å²) in [6, 6.07) is 7.68. The molecule has 0 radical (unpaired) electrons. The zero-order chi connectivity index (χ0) is 18.9. The van der Waals surface area contributed by atoms with Crippen LogP contribution >= 0.6 is 0 Å². The van der Waals surface area contributed by atoms with Gasteiger partial charge in [0.05, 0.1) is 13.0 Å². The first kappa shape index (κ1) is 18.3. The van der Waals surface area contributed by atoms with Gasteiger partial charge in [-0.3, -0.25) is 9.59 Å². The van der Waals surface area contributed by atoms with Gasteiger partial charge in [-0.25, -0.2) is 0 Å². The van der Waals surface area contributed by atoms with Crippen LogP contribution in [0.2, 0.25) is 0 Å². The minimum atomic E-state index is -0.400. The van der Waals surface area contributed by atoms with Gasteiger partial charge in [-0.05, 0) is 80.9 Å². The predicted octanol–water partition coefficient (Wildman–Crippen LogP) is 3.39. The summed E-state index contributed by atoms with van der Waals surface area (Å²) in [7, 11) is 0. The fraction of sp³-hybridized carbons (Fsp3) is 0.636. The zero-order valence-electron chi connectivity index (χ0n) is 16.0. The Bertz CT molecular complexity index is 679. The lowest BCUT2D eigenvalue weighted by molar-refractivity contribution is -0.150. The smallest absolute Gasteiger partial charge is 0.309 e. The molecule has 27 heavy (non-hydrogen) atoms. The van der Waals surface area contributed by atoms with Crippen LogP contribution in [0, 0.1) is 24.7 Å². The molecule has 4 saturated carbocycles. The maximum absolute atomic E-state index is 12.3. The Morgan fingerprint density at radius 2 is 1.78 bits per heavy atom. The third-order valence-electron chi connectivity index (χ3n) is 6.37. The molecule has 0 saturated heterocycles. The number of benzene rings is 1. The second-order valence-electron chi connectivity index (χ2n) is 8.82. The standard InChI is InChI=1S/C22H29NO4/c1-15-3-2-4-19(7-15)26-6-5-21(25)27-14-20(24)23-22-11-16-8-17(12-22)10-18(9-16)13-22/h2-4,7,16-18H,5-6,8-14H2,1H3,(H,23,24). The number of hydrogen-bond acceptors (Lipinski definition) is 4. The molecule has 1 aromatic carbocycles. The molecule has 5 rings (SSSR count). The summed E-state index contributed by atoms with van der Waals surface area (Å²) in [6.07, 6.45) is 7.45. The van der Waals surface area contributed by atoms with Crippen molar-refractivity contribution in [3.8, 4) is 5.75 Å². The zero-order valence-corrected chi connectivity index (χ0v) is 16.0. The molecular formula is C22H29NO4. The van der Waals surface area contributed by atoms with E-state index in [1.54, 1.807) is 0 Å². The van der Waals surface area contributed by atoms with E-state index in [0.29, 0.717) is 0 Å². The summed E-state index contributed by atoms with van der Waals surface area (Å²) in [6.45, 7) is 2.05. The molecule has 146 valence electrons. The van der Waals surface area contributed by atoms with E-state index in [1.807, 2.05) is 31.2 Å². The van der Waals surface area contributed by atoms with Crippen LogP contribution in [-0.4, -0.2) is 30.6 Å². The molecule has 0 aromatic heterocycles. The first-order valence-electron chi connectivity index (χ1n) is 10.2. The van der Waals surface area contributed by atoms with Gasteiger partial charge < -0.3 is 14.8 Å². The number of aryl methyl sites for hydroxylation is 1. The van der Waals surface area contributed by atoms with Gasteiger partial charge in [-0.1, -0.05) is 12.1 Å². The van der Waals surface area contributed by atoms with Crippen LogP contribution < -0.4 is 10.1 Å². The molecule has 0 heterocycles. The van der Waals surface area contributed by atoms with E-state index < -0.39 is 5.97 Å². The average Bonchev–Trinajstić information content (AvgIpc) is 2.58. The van der Waals surface area contributed by atoms with E-state index in [2.05, 4.69) is 5.32 Å². The summed E-state index contributed by atoms with van der Waals surface area (Å²) < 4.78 is 10.7. The van der Waals surface area contributed by atoms with Gasteiger partial charge in [-0.2, -0.15) is 0 Å². The molecule has 0 unspecified atom stereocenters. The molecule has 1 N–H and O–H groups in total. The van der Waals surface area contributed by atoms with Crippen molar-refractivity contribution in [2.75, 3.05) is 13.2 Å². The normalized spacial score (nSPS) is 30.8. The largest absolute Gasteiger partial charge is 0.493 e. The topological polar surface area (TPSA) is 64.6 Å². The van der Waals surface area contributed by atoms with Crippen molar-refractivity contribution in [1.82, 2.24) is 5.32 Å². The number of carbonyl (C=O) groups is 2. The lowest BCUT2D eigenvalue weighted by atomic mass is 9.53. The molecule has 4 bridgehead atoms. The average molecular weight is 371 g/mol. The molecule has 5 nitrogen and oxygen atoms in total. The molecule has 4 fully saturated rings. The Hall–Kier alpha value is -2.04. The van der Waals surface area contributed by atoms with Crippen molar-refractivity contribution in [1.29, 1.82) is 0 Å². The van der Waals surface area contributed by atoms with Gasteiger partial charge in [0.2, 0.25) is 0 Å². The quantitative estimate of drug-likeness (QED) is 0.746. The third kappa shape index (κ3) is 4.45. The van der Waals surface area contributed by atoms with Crippen molar-refractivity contribution < 1.29 is 19.1 Å². The molecule has 5 heteroatoms. The van der Waals surface area contributed by atoms with E-state index in [1.165, 1.54) is 19.3 Å². The summed E-state index contributed by atoms with van der Waals surface area (Å²) in [5.41, 5.74) is 1.07. The van der Waals surface area contributed by atoms with Crippen LogP contribution in [0.3, 0.4) is 0 Å². The van der Waals surface area contributed by atoms with Crippen LogP contribution in [0.5, 0.6) is 5.75 Å². The summed E-state index contributed by atoms with van der Waals surface area (Å²) in [5.74, 6) is 2.50. The molecule has 0 atom stereocenters. The minimum Gasteiger partial charge on any atom is -0.493 e. The molecular weight excluding hydrogens is 342 g/mol. The van der Waals surface area contributed by atoms with Crippen molar-refractivity contribution in [2.24, 2.45) is 17.8 Å². The number of nitrogens with one attached hydrogen (secondary N) is 1. The molecule has 4 aliphatic rings. The molecule has 4 aliphatic carbocycles. The second-order valence-corrected chi connectivity index (χ2v) is 8.82. The fourth-order valence-corrected chi connectivity index (χ4v) is 5.77. The highest BCUT2D eigenvalue weighted by Gasteiger charge is 2.51. The van der Waals surface area contributed by atoms with Crippen molar-refractivity contribution in [3.05, 3.63) is 29.8 Å². The SMILES string of the molecule is Cc1cccc(OCCC(=O)OCC(=O)NC23CC4CC(CC(C4)C2)C3)c1. The first-order valence-corrected chi connectivity index (χ1v) is 10.2. The van der Waals surface area contributed by atoms with Crippen LogP contribution in [0.1, 0.15) is 50.5 Å². The number of esters is 1. The number of hydrogen-bond donors (Lipinski definition) is 1. The van der Waals surface area contributed by atoms with E-state index in [0.717, 1.165) is 48.3 Å². The van der Waals surface area contributed by atoms with Crippen molar-refractivity contribution in [3.63, 3.8) is 0 Å². The van der Waals surface area contributed by atoms with Crippen LogP contribution in [0.4, 0.5) is 0 Å². The molecule has 1 aromatic rings. The highest BCUT2D eigenvalue weighted by molar-refractivity contribution is 5.81. The van der Waals surface area contributed by atoms with E-state index in [9.17, 15) is 9.59 Å². The van der Waals surface area contributed by atoms with E-state index in [-0.39, 0.29) is 31.1 Å². The predicted molar refractivity (Wildman–Crippen MR) is 101 cm³/mol. The maximum atomic E-state index is 12.3. The van der Waals surface area contributed by atoms with Crippen molar-refractivity contribution >= 4 is 11.9 Å². The monoisotopic (exact) mass is 371 g/mol. The summed E-state index contributed by atoms with van der Waals surface area (Å²) in [4.78, 5) is 24.2. The van der Waals surface area contributed by atoms with Crippen LogP contribution in [0.15, 0.2) is 24.3 Å². The molecule has 0 spiro atoms. The Labute approximate surface area is 160 Å².